The van der Waals surface area contributed by atoms with Crippen LogP contribution in [0.3, 0.4) is 0 Å². The van der Waals surface area contributed by atoms with Gasteiger partial charge < -0.3 is 0 Å². The molecule has 3 heteroatoms. The van der Waals surface area contributed by atoms with Crippen molar-refractivity contribution < 1.29 is 0 Å². The van der Waals surface area contributed by atoms with Gasteiger partial charge in [-0.3, -0.25) is 0 Å². The summed E-state index contributed by atoms with van der Waals surface area (Å²) in [4.78, 5) is 0. The van der Waals surface area contributed by atoms with Crippen LogP contribution in [-0.4, -0.2) is 9.78 Å². The molecule has 92 valence electrons. The summed E-state index contributed by atoms with van der Waals surface area (Å²) in [5.74, 6) is 0. The summed E-state index contributed by atoms with van der Waals surface area (Å²) in [6.45, 7) is 8.31. The van der Waals surface area contributed by atoms with Gasteiger partial charge in [0.2, 0.25) is 0 Å². The fraction of sp³-hybridized carbons (Fsp3) is 0.333. The lowest BCUT2D eigenvalue weighted by molar-refractivity contribution is 0.830. The summed E-state index contributed by atoms with van der Waals surface area (Å²) in [7, 11) is 0. The van der Waals surface area contributed by atoms with Gasteiger partial charge >= 0.3 is 0 Å². The van der Waals surface area contributed by atoms with Crippen LogP contribution in [-0.2, 0) is 6.42 Å². The molecule has 0 N–H and O–H groups in total. The molecule has 1 aromatic heterocycles. The van der Waals surface area contributed by atoms with E-state index in [1.54, 1.807) is 6.20 Å². The lowest BCUT2D eigenvalue weighted by atomic mass is 10.0. The highest BCUT2D eigenvalue weighted by atomic mass is 15.3. The van der Waals surface area contributed by atoms with Crippen LogP contribution in [0, 0.1) is 39.0 Å². The zero-order chi connectivity index (χ0) is 13.3. The monoisotopic (exact) mass is 239 g/mol. The Morgan fingerprint density at radius 1 is 1.17 bits per heavy atom. The van der Waals surface area contributed by atoms with E-state index in [-0.39, 0.29) is 0 Å². The molecule has 3 nitrogen and oxygen atoms in total. The Hall–Kier alpha value is -2.08. The van der Waals surface area contributed by atoms with Gasteiger partial charge in [0.15, 0.2) is 0 Å². The van der Waals surface area contributed by atoms with Gasteiger partial charge in [0.05, 0.1) is 24.4 Å². The number of nitrogens with zero attached hydrogens (tertiary/aromatic N) is 3. The van der Waals surface area contributed by atoms with Crippen LogP contribution in [0.25, 0.3) is 5.69 Å². The SMILES string of the molecule is Cc1cc(C)c(-n2ncc(CC#N)c2C)c(C)c1. The summed E-state index contributed by atoms with van der Waals surface area (Å²) in [6, 6.07) is 6.49. The maximum Gasteiger partial charge on any atom is 0.0707 e. The van der Waals surface area contributed by atoms with Crippen LogP contribution in [0.1, 0.15) is 27.9 Å². The number of nitriles is 1. The van der Waals surface area contributed by atoms with Crippen LogP contribution in [0.2, 0.25) is 0 Å². The van der Waals surface area contributed by atoms with Crippen molar-refractivity contribution in [2.45, 2.75) is 34.1 Å². The first-order chi connectivity index (χ1) is 8.54. The highest BCUT2D eigenvalue weighted by Gasteiger charge is 2.12. The predicted molar refractivity (Wildman–Crippen MR) is 71.8 cm³/mol. The number of aromatic nitrogens is 2. The molecule has 0 radical (unpaired) electrons. The van der Waals surface area contributed by atoms with Gasteiger partial charge in [0.25, 0.3) is 0 Å². The molecule has 1 heterocycles. The van der Waals surface area contributed by atoms with Crippen LogP contribution in [0.4, 0.5) is 0 Å². The minimum atomic E-state index is 0.412. The van der Waals surface area contributed by atoms with E-state index in [0.717, 1.165) is 16.9 Å². The molecule has 0 unspecified atom stereocenters. The van der Waals surface area contributed by atoms with E-state index in [1.807, 2.05) is 11.6 Å². The van der Waals surface area contributed by atoms with E-state index in [4.69, 9.17) is 5.26 Å². The zero-order valence-corrected chi connectivity index (χ0v) is 11.3. The summed E-state index contributed by atoms with van der Waals surface area (Å²) < 4.78 is 1.94. The highest BCUT2D eigenvalue weighted by Crippen LogP contribution is 2.23. The fourth-order valence-electron chi connectivity index (χ4n) is 2.43. The molecule has 0 fully saturated rings. The molecular weight excluding hydrogens is 222 g/mol. The number of hydrogen-bond donors (Lipinski definition) is 0. The molecule has 0 amide bonds. The second kappa shape index (κ2) is 4.66. The Bertz CT molecular complexity index is 607. The molecule has 0 aliphatic rings. The molecule has 2 rings (SSSR count). The van der Waals surface area contributed by atoms with Crippen molar-refractivity contribution in [1.29, 1.82) is 5.26 Å². The van der Waals surface area contributed by atoms with Crippen LogP contribution in [0.15, 0.2) is 18.3 Å². The van der Waals surface area contributed by atoms with Gasteiger partial charge in [-0.15, -0.1) is 0 Å². The third kappa shape index (κ3) is 2.02. The minimum Gasteiger partial charge on any atom is -0.237 e. The normalized spacial score (nSPS) is 10.4. The van der Waals surface area contributed by atoms with Crippen molar-refractivity contribution in [2.24, 2.45) is 0 Å². The first kappa shape index (κ1) is 12.4. The van der Waals surface area contributed by atoms with E-state index in [9.17, 15) is 0 Å². The molecule has 0 bridgehead atoms. The van der Waals surface area contributed by atoms with Gasteiger partial charge in [0, 0.05) is 11.3 Å². The van der Waals surface area contributed by atoms with Crippen molar-refractivity contribution in [3.63, 3.8) is 0 Å². The van der Waals surface area contributed by atoms with Gasteiger partial charge in [0.1, 0.15) is 0 Å². The number of rotatable bonds is 2. The Labute approximate surface area is 108 Å². The molecule has 2 aromatic rings. The van der Waals surface area contributed by atoms with E-state index in [0.29, 0.717) is 6.42 Å². The molecule has 0 atom stereocenters. The van der Waals surface area contributed by atoms with Gasteiger partial charge in [-0.1, -0.05) is 17.7 Å². The highest BCUT2D eigenvalue weighted by molar-refractivity contribution is 5.50. The smallest absolute Gasteiger partial charge is 0.0707 e. The van der Waals surface area contributed by atoms with Crippen LogP contribution >= 0.6 is 0 Å². The summed E-state index contributed by atoms with van der Waals surface area (Å²) in [6.07, 6.45) is 2.20. The molecule has 18 heavy (non-hydrogen) atoms. The number of aryl methyl sites for hydroxylation is 3. The van der Waals surface area contributed by atoms with E-state index < -0.39 is 0 Å². The van der Waals surface area contributed by atoms with E-state index in [2.05, 4.69) is 44.1 Å². The molecule has 0 spiro atoms. The average Bonchev–Trinajstić information content (AvgIpc) is 2.61. The minimum absolute atomic E-state index is 0.412. The number of benzene rings is 1. The Kier molecular flexibility index (Phi) is 3.20. The molecule has 0 saturated heterocycles. The van der Waals surface area contributed by atoms with Crippen molar-refractivity contribution in [3.05, 3.63) is 46.3 Å². The van der Waals surface area contributed by atoms with Crippen LogP contribution in [0.5, 0.6) is 0 Å². The fourth-order valence-corrected chi connectivity index (χ4v) is 2.43. The van der Waals surface area contributed by atoms with Gasteiger partial charge in [-0.25, -0.2) is 4.68 Å². The third-order valence-corrected chi connectivity index (χ3v) is 3.23. The second-order valence-corrected chi connectivity index (χ2v) is 4.75. The predicted octanol–water partition coefficient (Wildman–Crippen LogP) is 3.17. The summed E-state index contributed by atoms with van der Waals surface area (Å²) >= 11 is 0. The molecule has 0 aliphatic carbocycles. The van der Waals surface area contributed by atoms with Gasteiger partial charge in [-0.2, -0.15) is 10.4 Å². The summed E-state index contributed by atoms with van der Waals surface area (Å²) in [5.41, 5.74) is 6.85. The average molecular weight is 239 g/mol. The second-order valence-electron chi connectivity index (χ2n) is 4.75. The molecule has 1 aromatic carbocycles. The molecule has 0 aliphatic heterocycles. The Morgan fingerprint density at radius 3 is 2.33 bits per heavy atom. The maximum absolute atomic E-state index is 8.78. The zero-order valence-electron chi connectivity index (χ0n) is 11.3. The third-order valence-electron chi connectivity index (χ3n) is 3.23. The van der Waals surface area contributed by atoms with E-state index >= 15 is 0 Å². The Balaban J connectivity index is 2.60. The van der Waals surface area contributed by atoms with Crippen molar-refractivity contribution >= 4 is 0 Å². The first-order valence-corrected chi connectivity index (χ1v) is 6.03. The van der Waals surface area contributed by atoms with Gasteiger partial charge in [-0.05, 0) is 38.8 Å². The molecular formula is C15H17N3. The maximum atomic E-state index is 8.78. The van der Waals surface area contributed by atoms with Crippen LogP contribution < -0.4 is 0 Å². The number of hydrogen-bond acceptors (Lipinski definition) is 2. The molecule has 0 saturated carbocycles. The lowest BCUT2D eigenvalue weighted by Crippen LogP contribution is -2.05. The quantitative estimate of drug-likeness (QED) is 0.807. The lowest BCUT2D eigenvalue weighted by Gasteiger charge is -2.13. The van der Waals surface area contributed by atoms with Crippen molar-refractivity contribution in [1.82, 2.24) is 9.78 Å². The Morgan fingerprint density at radius 2 is 1.78 bits per heavy atom. The topological polar surface area (TPSA) is 41.6 Å². The first-order valence-electron chi connectivity index (χ1n) is 6.03. The summed E-state index contributed by atoms with van der Waals surface area (Å²) in [5, 5.41) is 13.2. The largest absolute Gasteiger partial charge is 0.237 e. The van der Waals surface area contributed by atoms with Crippen molar-refractivity contribution in [3.8, 4) is 11.8 Å². The van der Waals surface area contributed by atoms with Crippen molar-refractivity contribution in [2.75, 3.05) is 0 Å². The standard InChI is InChI=1S/C15H17N3/c1-10-7-11(2)15(12(3)8-10)18-13(4)14(5-6-16)9-17-18/h7-9H,5H2,1-4H3. The van der Waals surface area contributed by atoms with E-state index in [1.165, 1.54) is 16.7 Å².